The van der Waals surface area contributed by atoms with Gasteiger partial charge in [-0.1, -0.05) is 65.0 Å². The molecule has 0 amide bonds. The summed E-state index contributed by atoms with van der Waals surface area (Å²) in [4.78, 5) is 0. The van der Waals surface area contributed by atoms with E-state index in [1.807, 2.05) is 0 Å². The number of hydrogen-bond donors (Lipinski definition) is 0. The van der Waals surface area contributed by atoms with Crippen LogP contribution >= 0.6 is 0 Å². The number of benzene rings is 1. The minimum Gasteiger partial charge on any atom is -0.0622 e. The summed E-state index contributed by atoms with van der Waals surface area (Å²) in [5, 5.41) is 0. The highest BCUT2D eigenvalue weighted by atomic mass is 14.3. The molecule has 0 unspecified atom stereocenters. The van der Waals surface area contributed by atoms with E-state index in [0.717, 1.165) is 0 Å². The van der Waals surface area contributed by atoms with Crippen LogP contribution in [0, 0.1) is 5.41 Å². The summed E-state index contributed by atoms with van der Waals surface area (Å²) in [6.07, 6.45) is 2.52. The van der Waals surface area contributed by atoms with Crippen molar-refractivity contribution in [3.8, 4) is 0 Å². The van der Waals surface area contributed by atoms with Crippen molar-refractivity contribution in [1.29, 1.82) is 0 Å². The topological polar surface area (TPSA) is 0 Å². The van der Waals surface area contributed by atoms with Crippen LogP contribution in [0.15, 0.2) is 30.3 Å². The Morgan fingerprint density at radius 3 is 1.80 bits per heavy atom. The van der Waals surface area contributed by atoms with Crippen molar-refractivity contribution in [1.82, 2.24) is 0 Å². The summed E-state index contributed by atoms with van der Waals surface area (Å²) in [5.41, 5.74) is 2.19. The molecule has 0 saturated heterocycles. The molecular weight excluding hydrogens is 180 g/mol. The molecule has 0 aromatic heterocycles. The molecule has 0 atom stereocenters. The lowest BCUT2D eigenvalue weighted by Gasteiger charge is -2.29. The average molecular weight is 204 g/mol. The molecule has 0 aliphatic heterocycles. The Kier molecular flexibility index (Phi) is 3.59. The molecule has 0 N–H and O–H groups in total. The van der Waals surface area contributed by atoms with Gasteiger partial charge >= 0.3 is 0 Å². The average Bonchev–Trinajstić information content (AvgIpc) is 2.16. The third kappa shape index (κ3) is 4.07. The van der Waals surface area contributed by atoms with Crippen molar-refractivity contribution in [2.24, 2.45) is 5.41 Å². The highest BCUT2D eigenvalue weighted by molar-refractivity contribution is 5.23. The molecule has 0 heterocycles. The van der Waals surface area contributed by atoms with Gasteiger partial charge in [0.05, 0.1) is 0 Å². The normalized spacial score (nSPS) is 12.9. The number of hydrogen-bond acceptors (Lipinski definition) is 0. The summed E-state index contributed by atoms with van der Waals surface area (Å²) >= 11 is 0. The highest BCUT2D eigenvalue weighted by Crippen LogP contribution is 2.33. The zero-order chi connectivity index (χ0) is 11.5. The molecule has 0 saturated carbocycles. The van der Waals surface area contributed by atoms with Gasteiger partial charge in [-0.05, 0) is 29.2 Å². The van der Waals surface area contributed by atoms with Crippen LogP contribution in [-0.4, -0.2) is 0 Å². The van der Waals surface area contributed by atoms with Crippen molar-refractivity contribution in [3.63, 3.8) is 0 Å². The minimum absolute atomic E-state index is 0.300. The standard InChI is InChI=1S/C15H24/c1-14(2,3)11-12-15(4,5)13-9-7-6-8-10-13/h6-10H,11-12H2,1-5H3. The van der Waals surface area contributed by atoms with Crippen LogP contribution in [0.25, 0.3) is 0 Å². The zero-order valence-electron chi connectivity index (χ0n) is 10.8. The first-order valence-corrected chi connectivity index (χ1v) is 5.87. The van der Waals surface area contributed by atoms with Crippen LogP contribution in [-0.2, 0) is 5.41 Å². The summed E-state index contributed by atoms with van der Waals surface area (Å²) in [7, 11) is 0. The van der Waals surface area contributed by atoms with Gasteiger partial charge < -0.3 is 0 Å². The maximum atomic E-state index is 2.34. The predicted molar refractivity (Wildman–Crippen MR) is 68.2 cm³/mol. The molecule has 0 fully saturated rings. The van der Waals surface area contributed by atoms with E-state index in [2.05, 4.69) is 65.0 Å². The van der Waals surface area contributed by atoms with Gasteiger partial charge in [-0.2, -0.15) is 0 Å². The fourth-order valence-electron chi connectivity index (χ4n) is 1.72. The first kappa shape index (κ1) is 12.3. The van der Waals surface area contributed by atoms with E-state index in [4.69, 9.17) is 0 Å². The van der Waals surface area contributed by atoms with Gasteiger partial charge in [-0.3, -0.25) is 0 Å². The summed E-state index contributed by atoms with van der Waals surface area (Å²) in [6, 6.07) is 10.8. The Morgan fingerprint density at radius 1 is 0.800 bits per heavy atom. The SMILES string of the molecule is CC(C)(C)CCC(C)(C)c1ccccc1. The molecular formula is C15H24. The molecule has 0 radical (unpaired) electrons. The molecule has 0 bridgehead atoms. The first-order valence-electron chi connectivity index (χ1n) is 5.87. The second-order valence-electron chi connectivity index (χ2n) is 6.31. The van der Waals surface area contributed by atoms with E-state index in [0.29, 0.717) is 10.8 Å². The summed E-state index contributed by atoms with van der Waals surface area (Å²) in [6.45, 7) is 11.6. The monoisotopic (exact) mass is 204 g/mol. The molecule has 1 aromatic carbocycles. The second-order valence-corrected chi connectivity index (χ2v) is 6.31. The van der Waals surface area contributed by atoms with E-state index < -0.39 is 0 Å². The molecule has 1 rings (SSSR count). The molecule has 0 aliphatic rings. The van der Waals surface area contributed by atoms with Crippen LogP contribution in [0.3, 0.4) is 0 Å². The first-order chi connectivity index (χ1) is 6.81. The van der Waals surface area contributed by atoms with Crippen LogP contribution < -0.4 is 0 Å². The van der Waals surface area contributed by atoms with Crippen LogP contribution in [0.5, 0.6) is 0 Å². The Hall–Kier alpha value is -0.780. The van der Waals surface area contributed by atoms with Crippen molar-refractivity contribution >= 4 is 0 Å². The quantitative estimate of drug-likeness (QED) is 0.664. The zero-order valence-corrected chi connectivity index (χ0v) is 10.8. The maximum Gasteiger partial charge on any atom is -0.0103 e. The Labute approximate surface area is 94.7 Å². The van der Waals surface area contributed by atoms with Crippen molar-refractivity contribution in [2.45, 2.75) is 52.9 Å². The van der Waals surface area contributed by atoms with Gasteiger partial charge in [0.15, 0.2) is 0 Å². The Bertz CT molecular complexity index is 288. The van der Waals surface area contributed by atoms with E-state index in [9.17, 15) is 0 Å². The minimum atomic E-state index is 0.300. The summed E-state index contributed by atoms with van der Waals surface area (Å²) < 4.78 is 0. The highest BCUT2D eigenvalue weighted by Gasteiger charge is 2.22. The summed E-state index contributed by atoms with van der Waals surface area (Å²) in [5.74, 6) is 0. The van der Waals surface area contributed by atoms with Gasteiger partial charge in [0.1, 0.15) is 0 Å². The van der Waals surface area contributed by atoms with Crippen LogP contribution in [0.1, 0.15) is 53.0 Å². The third-order valence-electron chi connectivity index (χ3n) is 3.06. The Balaban J connectivity index is 2.68. The molecule has 15 heavy (non-hydrogen) atoms. The second kappa shape index (κ2) is 4.38. The number of rotatable bonds is 3. The van der Waals surface area contributed by atoms with Crippen LogP contribution in [0.4, 0.5) is 0 Å². The molecule has 0 heteroatoms. The molecule has 0 nitrogen and oxygen atoms in total. The lowest BCUT2D eigenvalue weighted by atomic mass is 9.76. The van der Waals surface area contributed by atoms with E-state index >= 15 is 0 Å². The van der Waals surface area contributed by atoms with Gasteiger partial charge in [-0.25, -0.2) is 0 Å². The van der Waals surface area contributed by atoms with E-state index in [1.165, 1.54) is 18.4 Å². The third-order valence-corrected chi connectivity index (χ3v) is 3.06. The van der Waals surface area contributed by atoms with Gasteiger partial charge in [0.2, 0.25) is 0 Å². The lowest BCUT2D eigenvalue weighted by Crippen LogP contribution is -2.20. The lowest BCUT2D eigenvalue weighted by molar-refractivity contribution is 0.315. The smallest absolute Gasteiger partial charge is 0.0103 e. The molecule has 0 spiro atoms. The fourth-order valence-corrected chi connectivity index (χ4v) is 1.72. The molecule has 1 aromatic rings. The van der Waals surface area contributed by atoms with Crippen molar-refractivity contribution in [2.75, 3.05) is 0 Å². The molecule has 0 aliphatic carbocycles. The van der Waals surface area contributed by atoms with E-state index in [1.54, 1.807) is 0 Å². The maximum absolute atomic E-state index is 2.34. The van der Waals surface area contributed by atoms with Crippen molar-refractivity contribution in [3.05, 3.63) is 35.9 Å². The predicted octanol–water partition coefficient (Wildman–Crippen LogP) is 4.79. The van der Waals surface area contributed by atoms with Gasteiger partial charge in [-0.15, -0.1) is 0 Å². The van der Waals surface area contributed by atoms with Crippen molar-refractivity contribution < 1.29 is 0 Å². The van der Waals surface area contributed by atoms with Gasteiger partial charge in [0.25, 0.3) is 0 Å². The van der Waals surface area contributed by atoms with E-state index in [-0.39, 0.29) is 0 Å². The largest absolute Gasteiger partial charge is 0.0622 e. The molecule has 84 valence electrons. The van der Waals surface area contributed by atoms with Gasteiger partial charge in [0, 0.05) is 0 Å². The van der Waals surface area contributed by atoms with Crippen LogP contribution in [0.2, 0.25) is 0 Å². The fraction of sp³-hybridized carbons (Fsp3) is 0.600. The Morgan fingerprint density at radius 2 is 1.33 bits per heavy atom.